The summed E-state index contributed by atoms with van der Waals surface area (Å²) in [6, 6.07) is 18.7. The van der Waals surface area contributed by atoms with Gasteiger partial charge in [0, 0.05) is 19.0 Å². The summed E-state index contributed by atoms with van der Waals surface area (Å²) in [7, 11) is -2.50. The Morgan fingerprint density at radius 2 is 1.67 bits per heavy atom. The maximum atomic E-state index is 14.3. The van der Waals surface area contributed by atoms with Gasteiger partial charge >= 0.3 is 0 Å². The molecule has 3 aromatic rings. The van der Waals surface area contributed by atoms with Crippen molar-refractivity contribution in [3.8, 4) is 5.75 Å². The number of nitrogens with zero attached hydrogens (tertiary/aromatic N) is 2. The molecular weight excluding hydrogens is 609 g/mol. The van der Waals surface area contributed by atoms with Crippen LogP contribution in [0.5, 0.6) is 5.75 Å². The quantitative estimate of drug-likeness (QED) is 0.270. The third-order valence-electron chi connectivity index (χ3n) is 7.59. The van der Waals surface area contributed by atoms with Gasteiger partial charge in [0.25, 0.3) is 0 Å². The molecule has 1 aliphatic rings. The van der Waals surface area contributed by atoms with Gasteiger partial charge in [-0.1, -0.05) is 78.5 Å². The predicted octanol–water partition coefficient (Wildman–Crippen LogP) is 5.78. The van der Waals surface area contributed by atoms with Gasteiger partial charge < -0.3 is 15.0 Å². The Balaban J connectivity index is 1.77. The van der Waals surface area contributed by atoms with Crippen LogP contribution >= 0.6 is 23.2 Å². The predicted molar refractivity (Wildman–Crippen MR) is 171 cm³/mol. The molecule has 1 saturated carbocycles. The zero-order chi connectivity index (χ0) is 31.1. The number of hydrogen-bond donors (Lipinski definition) is 1. The minimum absolute atomic E-state index is 0.00780. The van der Waals surface area contributed by atoms with Gasteiger partial charge in [0.15, 0.2) is 0 Å². The minimum atomic E-state index is -3.94. The number of aryl methyl sites for hydroxylation is 1. The second-order valence-electron chi connectivity index (χ2n) is 10.9. The van der Waals surface area contributed by atoms with Crippen LogP contribution in [0.2, 0.25) is 10.0 Å². The fourth-order valence-electron chi connectivity index (χ4n) is 5.35. The summed E-state index contributed by atoms with van der Waals surface area (Å²) < 4.78 is 32.7. The van der Waals surface area contributed by atoms with Gasteiger partial charge in [-0.05, 0) is 60.7 Å². The molecule has 1 atom stereocenters. The first-order valence-electron chi connectivity index (χ1n) is 14.2. The van der Waals surface area contributed by atoms with E-state index in [2.05, 4.69) is 5.32 Å². The molecule has 11 heteroatoms. The zero-order valence-electron chi connectivity index (χ0n) is 24.6. The van der Waals surface area contributed by atoms with Crippen LogP contribution in [-0.2, 0) is 32.6 Å². The monoisotopic (exact) mass is 645 g/mol. The van der Waals surface area contributed by atoms with E-state index in [1.165, 1.54) is 12.0 Å². The van der Waals surface area contributed by atoms with Gasteiger partial charge in [-0.15, -0.1) is 0 Å². The Hall–Kier alpha value is -3.27. The molecule has 230 valence electrons. The Labute approximate surface area is 264 Å². The van der Waals surface area contributed by atoms with E-state index in [9.17, 15) is 18.0 Å². The lowest BCUT2D eigenvalue weighted by Gasteiger charge is -2.34. The molecule has 1 fully saturated rings. The molecule has 0 heterocycles. The number of rotatable bonds is 12. The Bertz CT molecular complexity index is 1550. The van der Waals surface area contributed by atoms with E-state index >= 15 is 0 Å². The van der Waals surface area contributed by atoms with Crippen molar-refractivity contribution in [3.05, 3.63) is 93.5 Å². The maximum absolute atomic E-state index is 14.3. The van der Waals surface area contributed by atoms with E-state index in [1.54, 1.807) is 36.4 Å². The first-order valence-corrected chi connectivity index (χ1v) is 16.8. The van der Waals surface area contributed by atoms with Crippen LogP contribution in [0.4, 0.5) is 5.69 Å². The van der Waals surface area contributed by atoms with Crippen LogP contribution in [0, 0.1) is 6.92 Å². The van der Waals surface area contributed by atoms with Crippen LogP contribution in [0.15, 0.2) is 66.7 Å². The number of nitrogens with one attached hydrogen (secondary N) is 1. The van der Waals surface area contributed by atoms with Crippen molar-refractivity contribution < 1.29 is 22.7 Å². The second-order valence-corrected chi connectivity index (χ2v) is 13.6. The Kier molecular flexibility index (Phi) is 11.0. The molecule has 4 rings (SSSR count). The first-order chi connectivity index (χ1) is 20.5. The summed E-state index contributed by atoms with van der Waals surface area (Å²) in [5.74, 6) is -0.537. The van der Waals surface area contributed by atoms with Crippen molar-refractivity contribution in [2.24, 2.45) is 0 Å². The molecular formula is C32H37Cl2N3O5S. The van der Waals surface area contributed by atoms with Gasteiger partial charge in [0.2, 0.25) is 21.8 Å². The molecule has 0 saturated heterocycles. The molecule has 0 aromatic heterocycles. The van der Waals surface area contributed by atoms with Crippen LogP contribution < -0.4 is 14.4 Å². The van der Waals surface area contributed by atoms with Crippen LogP contribution in [-0.4, -0.2) is 57.1 Å². The summed E-state index contributed by atoms with van der Waals surface area (Å²) in [4.78, 5) is 29.7. The summed E-state index contributed by atoms with van der Waals surface area (Å²) >= 11 is 12.5. The highest BCUT2D eigenvalue weighted by Gasteiger charge is 2.35. The van der Waals surface area contributed by atoms with Crippen molar-refractivity contribution in [1.82, 2.24) is 10.2 Å². The number of halogens is 2. The first kappa shape index (κ1) is 32.6. The van der Waals surface area contributed by atoms with E-state index in [4.69, 9.17) is 27.9 Å². The molecule has 1 unspecified atom stereocenters. The number of amides is 2. The molecule has 1 N–H and O–H groups in total. The Morgan fingerprint density at radius 1 is 0.977 bits per heavy atom. The van der Waals surface area contributed by atoms with Crippen molar-refractivity contribution in [3.63, 3.8) is 0 Å². The van der Waals surface area contributed by atoms with Gasteiger partial charge in [-0.3, -0.25) is 13.9 Å². The molecule has 2 amide bonds. The lowest BCUT2D eigenvalue weighted by Crippen LogP contribution is -2.54. The summed E-state index contributed by atoms with van der Waals surface area (Å²) in [5, 5.41) is 3.82. The maximum Gasteiger partial charge on any atom is 0.244 e. The average molecular weight is 647 g/mol. The molecule has 0 spiro atoms. The number of carbonyl (C=O) groups excluding carboxylic acids is 2. The average Bonchev–Trinajstić information content (AvgIpc) is 3.48. The van der Waals surface area contributed by atoms with Crippen molar-refractivity contribution in [2.75, 3.05) is 24.2 Å². The van der Waals surface area contributed by atoms with E-state index < -0.39 is 28.5 Å². The number of carbonyl (C=O) groups is 2. The summed E-state index contributed by atoms with van der Waals surface area (Å²) in [6.07, 6.45) is 5.08. The molecule has 0 bridgehead atoms. The summed E-state index contributed by atoms with van der Waals surface area (Å²) in [5.41, 5.74) is 2.54. The second kappa shape index (κ2) is 14.5. The van der Waals surface area contributed by atoms with Crippen LogP contribution in [0.1, 0.15) is 42.4 Å². The van der Waals surface area contributed by atoms with Gasteiger partial charge in [0.1, 0.15) is 18.3 Å². The molecule has 0 radical (unpaired) electrons. The lowest BCUT2D eigenvalue weighted by atomic mass is 10.0. The zero-order valence-corrected chi connectivity index (χ0v) is 26.9. The highest BCUT2D eigenvalue weighted by Crippen LogP contribution is 2.32. The highest BCUT2D eigenvalue weighted by atomic mass is 35.5. The number of benzene rings is 3. The van der Waals surface area contributed by atoms with E-state index in [1.807, 2.05) is 37.3 Å². The normalized spacial score (nSPS) is 14.3. The fourth-order valence-corrected chi connectivity index (χ4v) is 6.51. The smallest absolute Gasteiger partial charge is 0.244 e. The molecule has 43 heavy (non-hydrogen) atoms. The number of sulfonamides is 1. The largest absolute Gasteiger partial charge is 0.495 e. The number of methoxy groups -OCH3 is 1. The van der Waals surface area contributed by atoms with E-state index in [0.717, 1.165) is 47.4 Å². The number of ether oxygens (including phenoxy) is 1. The third-order valence-corrected chi connectivity index (χ3v) is 9.46. The van der Waals surface area contributed by atoms with Gasteiger partial charge in [-0.25, -0.2) is 8.42 Å². The highest BCUT2D eigenvalue weighted by molar-refractivity contribution is 7.92. The van der Waals surface area contributed by atoms with Crippen molar-refractivity contribution in [2.45, 2.75) is 57.7 Å². The SMILES string of the molecule is COc1ccc(C)cc1N(CC(=O)N(Cc1ccc(Cl)c(Cl)c1)C(Cc1ccccc1)C(=O)NC1CCCC1)S(C)(=O)=O. The molecule has 1 aliphatic carbocycles. The topological polar surface area (TPSA) is 96.0 Å². The third kappa shape index (κ3) is 8.65. The minimum Gasteiger partial charge on any atom is -0.495 e. The van der Waals surface area contributed by atoms with Crippen LogP contribution in [0.25, 0.3) is 0 Å². The number of hydrogen-bond acceptors (Lipinski definition) is 5. The van der Waals surface area contributed by atoms with Crippen molar-refractivity contribution >= 4 is 50.7 Å². The standard InChI is InChI=1S/C32H37Cl2N3O5S/c1-22-13-16-30(42-2)28(17-22)37(43(3,40)41)21-31(38)36(20-24-14-15-26(33)27(34)18-24)29(19-23-9-5-4-6-10-23)32(39)35-25-11-7-8-12-25/h4-6,9-10,13-18,25,29H,7-8,11-12,19-21H2,1-3H3,(H,35,39). The molecule has 8 nitrogen and oxygen atoms in total. The van der Waals surface area contributed by atoms with E-state index in [0.29, 0.717) is 21.4 Å². The summed E-state index contributed by atoms with van der Waals surface area (Å²) in [6.45, 7) is 1.29. The number of anilines is 1. The Morgan fingerprint density at radius 3 is 2.30 bits per heavy atom. The van der Waals surface area contributed by atoms with Gasteiger partial charge in [0.05, 0.1) is 29.1 Å². The van der Waals surface area contributed by atoms with Gasteiger partial charge in [-0.2, -0.15) is 0 Å². The molecule has 3 aromatic carbocycles. The van der Waals surface area contributed by atoms with E-state index in [-0.39, 0.29) is 30.6 Å². The van der Waals surface area contributed by atoms with Crippen LogP contribution in [0.3, 0.4) is 0 Å². The molecule has 0 aliphatic heterocycles. The lowest BCUT2D eigenvalue weighted by molar-refractivity contribution is -0.140. The van der Waals surface area contributed by atoms with Crippen molar-refractivity contribution in [1.29, 1.82) is 0 Å². The fraction of sp³-hybridized carbons (Fsp3) is 0.375.